The molecular formula is C23H17N5OS. The highest BCUT2D eigenvalue weighted by Crippen LogP contribution is 2.28. The number of hydrogen-bond acceptors (Lipinski definition) is 5. The molecule has 0 saturated heterocycles. The number of fused-ring (bicyclic) bond motifs is 3. The van der Waals surface area contributed by atoms with E-state index in [2.05, 4.69) is 15.5 Å². The van der Waals surface area contributed by atoms with Crippen LogP contribution in [0.5, 0.6) is 0 Å². The number of hydrogen-bond donors (Lipinski definition) is 1. The lowest BCUT2D eigenvalue weighted by Crippen LogP contribution is -2.14. The number of carbonyl (C=O) groups is 1. The van der Waals surface area contributed by atoms with Crippen LogP contribution in [0, 0.1) is 0 Å². The second kappa shape index (κ2) is 7.96. The predicted molar refractivity (Wildman–Crippen MR) is 120 cm³/mol. The lowest BCUT2D eigenvalue weighted by Gasteiger charge is -2.09. The second-order valence-corrected chi connectivity index (χ2v) is 7.61. The van der Waals surface area contributed by atoms with Crippen molar-refractivity contribution in [1.29, 1.82) is 0 Å². The molecule has 0 radical (unpaired) electrons. The maximum atomic E-state index is 12.4. The van der Waals surface area contributed by atoms with Gasteiger partial charge in [0.2, 0.25) is 5.91 Å². The summed E-state index contributed by atoms with van der Waals surface area (Å²) >= 11 is 1.34. The van der Waals surface area contributed by atoms with Gasteiger partial charge in [0.1, 0.15) is 5.82 Å². The number of para-hydroxylation sites is 2. The number of benzene rings is 3. The third-order valence-electron chi connectivity index (χ3n) is 4.64. The molecule has 2 heterocycles. The molecule has 3 aromatic carbocycles. The normalized spacial score (nSPS) is 11.1. The van der Waals surface area contributed by atoms with Crippen LogP contribution >= 0.6 is 11.8 Å². The quantitative estimate of drug-likeness (QED) is 0.425. The molecule has 0 aliphatic heterocycles. The zero-order chi connectivity index (χ0) is 20.3. The summed E-state index contributed by atoms with van der Waals surface area (Å²) in [6, 6.07) is 27.2. The van der Waals surface area contributed by atoms with Crippen LogP contribution in [-0.4, -0.2) is 31.2 Å². The molecule has 0 bridgehead atoms. The van der Waals surface area contributed by atoms with E-state index in [9.17, 15) is 4.79 Å². The van der Waals surface area contributed by atoms with E-state index >= 15 is 0 Å². The summed E-state index contributed by atoms with van der Waals surface area (Å²) in [6.07, 6.45) is 0. The number of anilines is 1. The molecule has 0 aliphatic carbocycles. The van der Waals surface area contributed by atoms with Gasteiger partial charge in [0.05, 0.1) is 11.3 Å². The summed E-state index contributed by atoms with van der Waals surface area (Å²) in [7, 11) is 0. The van der Waals surface area contributed by atoms with Gasteiger partial charge in [0, 0.05) is 16.6 Å². The first kappa shape index (κ1) is 18.3. The zero-order valence-corrected chi connectivity index (χ0v) is 16.7. The fourth-order valence-corrected chi connectivity index (χ4v) is 4.02. The van der Waals surface area contributed by atoms with Crippen LogP contribution in [0.2, 0.25) is 0 Å². The molecule has 1 N–H and O–H groups in total. The van der Waals surface area contributed by atoms with Gasteiger partial charge in [-0.3, -0.25) is 9.20 Å². The average molecular weight is 411 g/mol. The molecule has 0 spiro atoms. The van der Waals surface area contributed by atoms with Gasteiger partial charge in [0.15, 0.2) is 10.8 Å². The Hall–Kier alpha value is -3.71. The number of amides is 1. The Morgan fingerprint density at radius 1 is 0.867 bits per heavy atom. The molecule has 0 atom stereocenters. The smallest absolute Gasteiger partial charge is 0.234 e. The Labute approximate surface area is 177 Å². The summed E-state index contributed by atoms with van der Waals surface area (Å²) in [5.74, 6) is 0.870. The third-order valence-corrected chi connectivity index (χ3v) is 5.57. The number of nitrogens with one attached hydrogen (secondary N) is 1. The van der Waals surface area contributed by atoms with Gasteiger partial charge >= 0.3 is 0 Å². The van der Waals surface area contributed by atoms with Crippen molar-refractivity contribution in [2.75, 3.05) is 11.1 Å². The van der Waals surface area contributed by atoms with Crippen LogP contribution in [-0.2, 0) is 4.79 Å². The van der Waals surface area contributed by atoms with Crippen LogP contribution in [0.15, 0.2) is 90.1 Å². The Kier molecular flexibility index (Phi) is 4.86. The summed E-state index contributed by atoms with van der Waals surface area (Å²) in [4.78, 5) is 17.3. The maximum Gasteiger partial charge on any atom is 0.234 e. The molecular weight excluding hydrogens is 394 g/mol. The van der Waals surface area contributed by atoms with Gasteiger partial charge in [-0.1, -0.05) is 72.4 Å². The van der Waals surface area contributed by atoms with Gasteiger partial charge in [-0.15, -0.1) is 10.2 Å². The monoisotopic (exact) mass is 411 g/mol. The molecule has 2 aromatic heterocycles. The molecule has 0 aliphatic rings. The first-order valence-corrected chi connectivity index (χ1v) is 10.5. The van der Waals surface area contributed by atoms with Crippen molar-refractivity contribution in [1.82, 2.24) is 19.6 Å². The molecule has 1 amide bonds. The van der Waals surface area contributed by atoms with Crippen molar-refractivity contribution in [2.24, 2.45) is 0 Å². The van der Waals surface area contributed by atoms with E-state index in [-0.39, 0.29) is 11.7 Å². The minimum Gasteiger partial charge on any atom is -0.325 e. The van der Waals surface area contributed by atoms with E-state index < -0.39 is 0 Å². The van der Waals surface area contributed by atoms with Gasteiger partial charge in [-0.25, -0.2) is 4.98 Å². The fraction of sp³-hybridized carbons (Fsp3) is 0.0435. The van der Waals surface area contributed by atoms with Crippen molar-refractivity contribution in [3.05, 3.63) is 84.9 Å². The van der Waals surface area contributed by atoms with E-state index in [0.717, 1.165) is 33.6 Å². The van der Waals surface area contributed by atoms with Crippen molar-refractivity contribution < 1.29 is 4.79 Å². The van der Waals surface area contributed by atoms with E-state index in [1.165, 1.54) is 11.8 Å². The van der Waals surface area contributed by atoms with E-state index in [1.807, 2.05) is 89.3 Å². The van der Waals surface area contributed by atoms with Crippen molar-refractivity contribution in [3.63, 3.8) is 0 Å². The van der Waals surface area contributed by atoms with Crippen LogP contribution in [0.25, 0.3) is 27.9 Å². The molecule has 7 heteroatoms. The van der Waals surface area contributed by atoms with Gasteiger partial charge in [0.25, 0.3) is 0 Å². The van der Waals surface area contributed by atoms with Crippen molar-refractivity contribution in [2.45, 2.75) is 5.16 Å². The molecule has 5 aromatic rings. The molecule has 30 heavy (non-hydrogen) atoms. The number of thioether (sulfide) groups is 1. The zero-order valence-electron chi connectivity index (χ0n) is 15.9. The van der Waals surface area contributed by atoms with Gasteiger partial charge < -0.3 is 5.32 Å². The summed E-state index contributed by atoms with van der Waals surface area (Å²) < 4.78 is 1.93. The molecule has 5 rings (SSSR count). The first-order chi connectivity index (χ1) is 14.8. The largest absolute Gasteiger partial charge is 0.325 e. The van der Waals surface area contributed by atoms with E-state index in [1.54, 1.807) is 0 Å². The summed E-state index contributed by atoms with van der Waals surface area (Å²) in [5, 5.41) is 13.2. The van der Waals surface area contributed by atoms with E-state index in [4.69, 9.17) is 4.98 Å². The van der Waals surface area contributed by atoms with Crippen LogP contribution < -0.4 is 5.32 Å². The third kappa shape index (κ3) is 3.51. The minimum absolute atomic E-state index is 0.0991. The molecule has 0 fully saturated rings. The number of rotatable bonds is 5. The Morgan fingerprint density at radius 2 is 1.57 bits per heavy atom. The molecule has 6 nitrogen and oxygen atoms in total. The van der Waals surface area contributed by atoms with Crippen LogP contribution in [0.3, 0.4) is 0 Å². The lowest BCUT2D eigenvalue weighted by molar-refractivity contribution is -0.113. The lowest BCUT2D eigenvalue weighted by atomic mass is 10.2. The Balaban J connectivity index is 1.53. The number of nitrogens with zero attached hydrogens (tertiary/aromatic N) is 4. The molecule has 0 unspecified atom stereocenters. The molecule has 146 valence electrons. The molecule has 0 saturated carbocycles. The predicted octanol–water partition coefficient (Wildman–Crippen LogP) is 4.68. The van der Waals surface area contributed by atoms with Crippen molar-refractivity contribution >= 4 is 39.9 Å². The van der Waals surface area contributed by atoms with Gasteiger partial charge in [-0.2, -0.15) is 0 Å². The Morgan fingerprint density at radius 3 is 2.37 bits per heavy atom. The highest BCUT2D eigenvalue weighted by molar-refractivity contribution is 7.99. The summed E-state index contributed by atoms with van der Waals surface area (Å²) in [5.41, 5.74) is 3.32. The average Bonchev–Trinajstić information content (AvgIpc) is 3.23. The second-order valence-electron chi connectivity index (χ2n) is 6.66. The van der Waals surface area contributed by atoms with Crippen LogP contribution in [0.1, 0.15) is 0 Å². The van der Waals surface area contributed by atoms with Crippen LogP contribution in [0.4, 0.5) is 5.69 Å². The number of carbonyl (C=O) groups excluding carboxylic acids is 1. The standard InChI is InChI=1S/C23H17N5OS/c29-20(24-17-11-5-2-6-12-17)15-30-23-27-26-22-18-13-7-8-14-19(18)25-21(28(22)23)16-9-3-1-4-10-16/h1-14H,15H2,(H,24,29). The Bertz CT molecular complexity index is 1340. The minimum atomic E-state index is -0.0991. The topological polar surface area (TPSA) is 72.2 Å². The SMILES string of the molecule is O=C(CSc1nnc2c3ccccc3nc(-c3ccccc3)n12)Nc1ccccc1. The summed E-state index contributed by atoms with van der Waals surface area (Å²) in [6.45, 7) is 0. The van der Waals surface area contributed by atoms with Crippen molar-refractivity contribution in [3.8, 4) is 11.4 Å². The fourth-order valence-electron chi connectivity index (χ4n) is 3.28. The number of aromatic nitrogens is 4. The van der Waals surface area contributed by atoms with Gasteiger partial charge in [-0.05, 0) is 24.3 Å². The first-order valence-electron chi connectivity index (χ1n) is 9.46. The highest BCUT2D eigenvalue weighted by Gasteiger charge is 2.17. The highest BCUT2D eigenvalue weighted by atomic mass is 32.2. The maximum absolute atomic E-state index is 12.4. The van der Waals surface area contributed by atoms with E-state index in [0.29, 0.717) is 5.16 Å².